The van der Waals surface area contributed by atoms with E-state index in [1.165, 1.54) is 0 Å². The maximum absolute atomic E-state index is 12.2. The highest BCUT2D eigenvalue weighted by Gasteiger charge is 2.27. The molecule has 20 heavy (non-hydrogen) atoms. The van der Waals surface area contributed by atoms with Gasteiger partial charge in [0.25, 0.3) is 0 Å². The molecule has 0 spiro atoms. The zero-order valence-electron chi connectivity index (χ0n) is 12.7. The molecule has 1 aliphatic heterocycles. The molecule has 1 aromatic heterocycles. The Labute approximate surface area is 120 Å². The maximum Gasteiger partial charge on any atom is 0.236 e. The van der Waals surface area contributed by atoms with Gasteiger partial charge in [-0.05, 0) is 26.2 Å². The van der Waals surface area contributed by atoms with Crippen molar-refractivity contribution in [3.63, 3.8) is 0 Å². The number of aryl methyl sites for hydroxylation is 1. The Morgan fingerprint density at radius 2 is 2.40 bits per heavy atom. The van der Waals surface area contributed by atoms with Crippen LogP contribution in [-0.4, -0.2) is 51.2 Å². The van der Waals surface area contributed by atoms with Crippen LogP contribution in [0.3, 0.4) is 0 Å². The fraction of sp³-hybridized carbons (Fsp3) is 0.786. The number of nitrogens with one attached hydrogen (secondary N) is 1. The summed E-state index contributed by atoms with van der Waals surface area (Å²) >= 11 is 0. The minimum absolute atomic E-state index is 0.192. The highest BCUT2D eigenvalue weighted by Crippen LogP contribution is 2.24. The smallest absolute Gasteiger partial charge is 0.236 e. The van der Waals surface area contributed by atoms with Crippen molar-refractivity contribution in [3.8, 4) is 0 Å². The van der Waals surface area contributed by atoms with Crippen LogP contribution in [0.5, 0.6) is 0 Å². The molecule has 2 heterocycles. The summed E-state index contributed by atoms with van der Waals surface area (Å²) < 4.78 is 1.95. The molecular formula is C14H25N5O. The molecule has 1 N–H and O–H groups in total. The lowest BCUT2D eigenvalue weighted by Crippen LogP contribution is -2.45. The summed E-state index contributed by atoms with van der Waals surface area (Å²) in [7, 11) is 1.96. The number of hydrogen-bond acceptors (Lipinski definition) is 4. The van der Waals surface area contributed by atoms with Crippen LogP contribution in [0.15, 0.2) is 6.33 Å². The van der Waals surface area contributed by atoms with Crippen molar-refractivity contribution in [1.82, 2.24) is 25.0 Å². The molecule has 0 saturated carbocycles. The number of nitrogens with zero attached hydrogens (tertiary/aromatic N) is 4. The van der Waals surface area contributed by atoms with E-state index in [1.54, 1.807) is 6.33 Å². The lowest BCUT2D eigenvalue weighted by Gasteiger charge is -2.32. The fourth-order valence-corrected chi connectivity index (χ4v) is 2.59. The Morgan fingerprint density at radius 1 is 1.60 bits per heavy atom. The van der Waals surface area contributed by atoms with Gasteiger partial charge in [-0.3, -0.25) is 4.79 Å². The number of aromatic nitrogens is 3. The van der Waals surface area contributed by atoms with E-state index in [2.05, 4.69) is 29.4 Å². The summed E-state index contributed by atoms with van der Waals surface area (Å²) in [5.41, 5.74) is 0. The molecule has 1 aromatic rings. The quantitative estimate of drug-likeness (QED) is 0.870. The van der Waals surface area contributed by atoms with E-state index in [0.717, 1.165) is 38.2 Å². The second kappa shape index (κ2) is 6.83. The number of carbonyl (C=O) groups is 1. The molecule has 6 heteroatoms. The first-order valence-corrected chi connectivity index (χ1v) is 7.46. The van der Waals surface area contributed by atoms with Gasteiger partial charge in [-0.2, -0.15) is 0 Å². The van der Waals surface area contributed by atoms with E-state index >= 15 is 0 Å². The van der Waals surface area contributed by atoms with Crippen LogP contribution < -0.4 is 5.32 Å². The molecule has 6 nitrogen and oxygen atoms in total. The normalized spacial score (nSPS) is 20.9. The molecule has 0 aliphatic carbocycles. The molecule has 112 valence electrons. The average molecular weight is 279 g/mol. The minimum Gasteiger partial charge on any atom is -0.341 e. The summed E-state index contributed by atoms with van der Waals surface area (Å²) in [5.74, 6) is 1.48. The van der Waals surface area contributed by atoms with Gasteiger partial charge in [0.15, 0.2) is 0 Å². The van der Waals surface area contributed by atoms with Gasteiger partial charge in [-0.1, -0.05) is 6.92 Å². The number of likely N-dealkylation sites (tertiary alicyclic amines) is 1. The SMILES string of the molecule is CCC(C)NCC(=O)N1CCCC(c2nncn2C)C1. The topological polar surface area (TPSA) is 63.1 Å². The molecule has 0 aromatic carbocycles. The molecule has 1 fully saturated rings. The third kappa shape index (κ3) is 3.56. The molecule has 2 rings (SSSR count). The lowest BCUT2D eigenvalue weighted by molar-refractivity contribution is -0.131. The van der Waals surface area contributed by atoms with E-state index in [9.17, 15) is 4.79 Å². The van der Waals surface area contributed by atoms with E-state index in [0.29, 0.717) is 18.5 Å². The Hall–Kier alpha value is -1.43. The molecule has 1 saturated heterocycles. The Kier molecular flexibility index (Phi) is 5.11. The van der Waals surface area contributed by atoms with E-state index in [-0.39, 0.29) is 5.91 Å². The van der Waals surface area contributed by atoms with Gasteiger partial charge < -0.3 is 14.8 Å². The summed E-state index contributed by atoms with van der Waals surface area (Å²) in [5, 5.41) is 11.4. The zero-order valence-corrected chi connectivity index (χ0v) is 12.7. The summed E-state index contributed by atoms with van der Waals surface area (Å²) in [6.07, 6.45) is 4.87. The molecule has 0 bridgehead atoms. The van der Waals surface area contributed by atoms with Gasteiger partial charge in [0, 0.05) is 32.1 Å². The van der Waals surface area contributed by atoms with Crippen LogP contribution in [0.4, 0.5) is 0 Å². The summed E-state index contributed by atoms with van der Waals surface area (Å²) in [4.78, 5) is 14.2. The molecule has 2 unspecified atom stereocenters. The predicted molar refractivity (Wildman–Crippen MR) is 77.3 cm³/mol. The third-order valence-corrected chi connectivity index (χ3v) is 4.10. The van der Waals surface area contributed by atoms with Crippen LogP contribution in [0.25, 0.3) is 0 Å². The second-order valence-corrected chi connectivity index (χ2v) is 5.67. The number of piperidine rings is 1. The summed E-state index contributed by atoms with van der Waals surface area (Å²) in [6, 6.07) is 0.387. The van der Waals surface area contributed by atoms with Crippen LogP contribution in [0.1, 0.15) is 44.9 Å². The van der Waals surface area contributed by atoms with Gasteiger partial charge in [-0.25, -0.2) is 0 Å². The minimum atomic E-state index is 0.192. The van der Waals surface area contributed by atoms with Crippen molar-refractivity contribution in [1.29, 1.82) is 0 Å². The number of rotatable bonds is 5. The Bertz CT molecular complexity index is 445. The first-order valence-electron chi connectivity index (χ1n) is 7.46. The maximum atomic E-state index is 12.2. The predicted octanol–water partition coefficient (Wildman–Crippen LogP) is 0.909. The second-order valence-electron chi connectivity index (χ2n) is 5.67. The van der Waals surface area contributed by atoms with Crippen LogP contribution in [0.2, 0.25) is 0 Å². The van der Waals surface area contributed by atoms with Crippen LogP contribution >= 0.6 is 0 Å². The average Bonchev–Trinajstić information content (AvgIpc) is 2.90. The standard InChI is InChI=1S/C14H25N5O/c1-4-11(2)15-8-13(20)19-7-5-6-12(9-19)14-17-16-10-18(14)3/h10-12,15H,4-9H2,1-3H3. The van der Waals surface area contributed by atoms with Gasteiger partial charge in [0.1, 0.15) is 12.2 Å². The van der Waals surface area contributed by atoms with Crippen molar-refractivity contribution in [2.45, 2.75) is 45.1 Å². The van der Waals surface area contributed by atoms with Crippen LogP contribution in [0, 0.1) is 0 Å². The molecule has 2 atom stereocenters. The number of hydrogen-bond donors (Lipinski definition) is 1. The highest BCUT2D eigenvalue weighted by atomic mass is 16.2. The number of carbonyl (C=O) groups excluding carboxylic acids is 1. The van der Waals surface area contributed by atoms with Gasteiger partial charge >= 0.3 is 0 Å². The largest absolute Gasteiger partial charge is 0.341 e. The Balaban J connectivity index is 1.90. The molecule has 0 radical (unpaired) electrons. The van der Waals surface area contributed by atoms with Crippen molar-refractivity contribution in [3.05, 3.63) is 12.2 Å². The van der Waals surface area contributed by atoms with Gasteiger partial charge in [0.2, 0.25) is 5.91 Å². The monoisotopic (exact) mass is 279 g/mol. The highest BCUT2D eigenvalue weighted by molar-refractivity contribution is 5.78. The zero-order chi connectivity index (χ0) is 14.5. The fourth-order valence-electron chi connectivity index (χ4n) is 2.59. The van der Waals surface area contributed by atoms with Gasteiger partial charge in [-0.15, -0.1) is 10.2 Å². The molecule has 1 amide bonds. The first-order chi connectivity index (χ1) is 9.61. The van der Waals surface area contributed by atoms with Crippen molar-refractivity contribution < 1.29 is 4.79 Å². The number of amides is 1. The van der Waals surface area contributed by atoms with Crippen molar-refractivity contribution in [2.75, 3.05) is 19.6 Å². The van der Waals surface area contributed by atoms with Crippen molar-refractivity contribution >= 4 is 5.91 Å². The third-order valence-electron chi connectivity index (χ3n) is 4.10. The first kappa shape index (κ1) is 15.0. The summed E-state index contributed by atoms with van der Waals surface area (Å²) in [6.45, 7) is 6.27. The Morgan fingerprint density at radius 3 is 3.05 bits per heavy atom. The lowest BCUT2D eigenvalue weighted by atomic mass is 9.97. The van der Waals surface area contributed by atoms with Gasteiger partial charge in [0.05, 0.1) is 6.54 Å². The van der Waals surface area contributed by atoms with Crippen molar-refractivity contribution in [2.24, 2.45) is 7.05 Å². The van der Waals surface area contributed by atoms with Crippen LogP contribution in [-0.2, 0) is 11.8 Å². The van der Waals surface area contributed by atoms with E-state index in [1.807, 2.05) is 16.5 Å². The van der Waals surface area contributed by atoms with E-state index < -0.39 is 0 Å². The van der Waals surface area contributed by atoms with E-state index in [4.69, 9.17) is 0 Å². The molecule has 1 aliphatic rings. The molecular weight excluding hydrogens is 254 g/mol.